The highest BCUT2D eigenvalue weighted by Crippen LogP contribution is 1.69. The SMILES string of the molecule is C=CC#N.C=CC(N)=O.CCOC(C)=O. The molecule has 1 amide bonds. The molecule has 0 heterocycles. The summed E-state index contributed by atoms with van der Waals surface area (Å²) in [5, 5.41) is 7.51. The van der Waals surface area contributed by atoms with E-state index in [4.69, 9.17) is 5.26 Å². The Labute approximate surface area is 89.8 Å². The molecule has 15 heavy (non-hydrogen) atoms. The van der Waals surface area contributed by atoms with Crippen LogP contribution in [0.15, 0.2) is 25.3 Å². The summed E-state index contributed by atoms with van der Waals surface area (Å²) in [6.45, 7) is 9.86. The monoisotopic (exact) mass is 212 g/mol. The standard InChI is InChI=1S/C4H8O2.C3H5NO.C3H3N/c1-3-6-4(2)5;1-2-3(4)5;1-2-3-4/h3H2,1-2H3;2H,1H2,(H2,4,5);2H,1H2. The van der Waals surface area contributed by atoms with Crippen molar-refractivity contribution in [3.8, 4) is 6.07 Å². The number of carbonyl (C=O) groups excluding carboxylic acids is 2. The molecule has 2 N–H and O–H groups in total. The van der Waals surface area contributed by atoms with Crippen LogP contribution >= 0.6 is 0 Å². The van der Waals surface area contributed by atoms with E-state index < -0.39 is 5.91 Å². The molecular formula is C10H16N2O3. The van der Waals surface area contributed by atoms with Crippen molar-refractivity contribution >= 4 is 11.9 Å². The fourth-order valence-electron chi connectivity index (χ4n) is 0.203. The third-order valence-electron chi connectivity index (χ3n) is 0.640. The Bertz CT molecular complexity index is 242. The zero-order chi connectivity index (χ0) is 12.7. The summed E-state index contributed by atoms with van der Waals surface area (Å²) in [5.41, 5.74) is 4.53. The smallest absolute Gasteiger partial charge is 0.302 e. The van der Waals surface area contributed by atoms with Gasteiger partial charge in [0.1, 0.15) is 0 Å². The molecule has 84 valence electrons. The molecule has 0 aliphatic carbocycles. The number of nitrogens with two attached hydrogens (primary N) is 1. The van der Waals surface area contributed by atoms with Crippen molar-refractivity contribution in [3.05, 3.63) is 25.3 Å². The number of nitriles is 1. The zero-order valence-electron chi connectivity index (χ0n) is 9.03. The number of carbonyl (C=O) groups is 2. The number of primary amides is 1. The Kier molecular flexibility index (Phi) is 22.2. The van der Waals surface area contributed by atoms with E-state index in [1.165, 1.54) is 13.0 Å². The van der Waals surface area contributed by atoms with Crippen molar-refractivity contribution in [1.82, 2.24) is 0 Å². The molecule has 0 atom stereocenters. The maximum atomic E-state index is 9.82. The van der Waals surface area contributed by atoms with Crippen LogP contribution in [0.5, 0.6) is 0 Å². The molecular weight excluding hydrogens is 196 g/mol. The predicted octanol–water partition coefficient (Wildman–Crippen LogP) is 0.923. The van der Waals surface area contributed by atoms with Crippen molar-refractivity contribution in [2.45, 2.75) is 13.8 Å². The van der Waals surface area contributed by atoms with Crippen LogP contribution in [0.25, 0.3) is 0 Å². The molecule has 0 aromatic rings. The van der Waals surface area contributed by atoms with E-state index in [-0.39, 0.29) is 5.97 Å². The topological polar surface area (TPSA) is 93.2 Å². The maximum Gasteiger partial charge on any atom is 0.302 e. The van der Waals surface area contributed by atoms with Gasteiger partial charge in [0, 0.05) is 13.0 Å². The van der Waals surface area contributed by atoms with Gasteiger partial charge in [-0.1, -0.05) is 13.2 Å². The van der Waals surface area contributed by atoms with Crippen molar-refractivity contribution < 1.29 is 14.3 Å². The van der Waals surface area contributed by atoms with Crippen LogP contribution in [0.4, 0.5) is 0 Å². The Morgan fingerprint density at radius 3 is 1.87 bits per heavy atom. The lowest BCUT2D eigenvalue weighted by atomic mass is 10.6. The zero-order valence-corrected chi connectivity index (χ0v) is 9.03. The molecule has 0 aliphatic rings. The number of allylic oxidation sites excluding steroid dienone is 1. The molecule has 0 saturated carbocycles. The van der Waals surface area contributed by atoms with Crippen LogP contribution in [0.3, 0.4) is 0 Å². The second kappa shape index (κ2) is 17.9. The fourth-order valence-corrected chi connectivity index (χ4v) is 0.203. The van der Waals surface area contributed by atoms with Gasteiger partial charge in [-0.25, -0.2) is 0 Å². The van der Waals surface area contributed by atoms with Gasteiger partial charge in [0.25, 0.3) is 0 Å². The Morgan fingerprint density at radius 2 is 1.87 bits per heavy atom. The average molecular weight is 212 g/mol. The highest BCUT2D eigenvalue weighted by molar-refractivity contribution is 5.84. The van der Waals surface area contributed by atoms with Gasteiger partial charge >= 0.3 is 5.97 Å². The summed E-state index contributed by atoms with van der Waals surface area (Å²) in [6, 6.07) is 1.69. The normalized spacial score (nSPS) is 6.20. The number of amides is 1. The average Bonchev–Trinajstić information content (AvgIpc) is 2.19. The summed E-state index contributed by atoms with van der Waals surface area (Å²) in [4.78, 5) is 19.3. The number of nitrogens with zero attached hydrogens (tertiary/aromatic N) is 1. The summed E-state index contributed by atoms with van der Waals surface area (Å²) in [6.07, 6.45) is 2.24. The molecule has 0 aromatic heterocycles. The summed E-state index contributed by atoms with van der Waals surface area (Å²) >= 11 is 0. The van der Waals surface area contributed by atoms with E-state index in [2.05, 4.69) is 23.6 Å². The first kappa shape index (κ1) is 18.6. The van der Waals surface area contributed by atoms with Gasteiger partial charge in [0.05, 0.1) is 12.7 Å². The first-order chi connectivity index (χ1) is 6.95. The van der Waals surface area contributed by atoms with Crippen LogP contribution in [0.1, 0.15) is 13.8 Å². The quantitative estimate of drug-likeness (QED) is 0.418. The second-order valence-electron chi connectivity index (χ2n) is 1.86. The summed E-state index contributed by atoms with van der Waals surface area (Å²) in [5.74, 6) is -0.692. The largest absolute Gasteiger partial charge is 0.466 e. The Balaban J connectivity index is -0.000000147. The van der Waals surface area contributed by atoms with Crippen molar-refractivity contribution in [2.75, 3.05) is 6.61 Å². The summed E-state index contributed by atoms with van der Waals surface area (Å²) in [7, 11) is 0. The van der Waals surface area contributed by atoms with Crippen LogP contribution in [-0.2, 0) is 14.3 Å². The third kappa shape index (κ3) is 76.5. The Hall–Kier alpha value is -2.09. The minimum absolute atomic E-state index is 0.211. The van der Waals surface area contributed by atoms with Gasteiger partial charge < -0.3 is 10.5 Å². The molecule has 0 fully saturated rings. The van der Waals surface area contributed by atoms with Crippen LogP contribution < -0.4 is 5.73 Å². The molecule has 0 aliphatic heterocycles. The van der Waals surface area contributed by atoms with E-state index in [9.17, 15) is 9.59 Å². The highest BCUT2D eigenvalue weighted by Gasteiger charge is 1.81. The van der Waals surface area contributed by atoms with Crippen molar-refractivity contribution in [3.63, 3.8) is 0 Å². The van der Waals surface area contributed by atoms with Gasteiger partial charge in [-0.05, 0) is 13.0 Å². The molecule has 5 nitrogen and oxygen atoms in total. The number of hydrogen-bond acceptors (Lipinski definition) is 4. The predicted molar refractivity (Wildman–Crippen MR) is 57.5 cm³/mol. The molecule has 0 unspecified atom stereocenters. The van der Waals surface area contributed by atoms with E-state index in [1.54, 1.807) is 13.0 Å². The molecule has 0 radical (unpaired) electrons. The number of hydrogen-bond donors (Lipinski definition) is 1. The van der Waals surface area contributed by atoms with Crippen molar-refractivity contribution in [2.24, 2.45) is 5.73 Å². The van der Waals surface area contributed by atoms with Gasteiger partial charge in [-0.2, -0.15) is 5.26 Å². The van der Waals surface area contributed by atoms with E-state index in [1.807, 2.05) is 0 Å². The number of ether oxygens (including phenoxy) is 1. The highest BCUT2D eigenvalue weighted by atomic mass is 16.5. The van der Waals surface area contributed by atoms with Crippen LogP contribution in [0, 0.1) is 11.3 Å². The van der Waals surface area contributed by atoms with Gasteiger partial charge in [0.15, 0.2) is 0 Å². The van der Waals surface area contributed by atoms with Crippen LogP contribution in [0.2, 0.25) is 0 Å². The molecule has 0 saturated heterocycles. The van der Waals surface area contributed by atoms with Gasteiger partial charge in [-0.3, -0.25) is 9.59 Å². The maximum absolute atomic E-state index is 9.82. The number of esters is 1. The lowest BCUT2D eigenvalue weighted by Crippen LogP contribution is -2.04. The first-order valence-corrected chi connectivity index (χ1v) is 4.01. The molecule has 0 rings (SSSR count). The minimum Gasteiger partial charge on any atom is -0.466 e. The molecule has 5 heteroatoms. The number of rotatable bonds is 2. The lowest BCUT2D eigenvalue weighted by Gasteiger charge is -1.89. The molecule has 0 aromatic carbocycles. The third-order valence-corrected chi connectivity index (χ3v) is 0.640. The second-order valence-corrected chi connectivity index (χ2v) is 1.86. The van der Waals surface area contributed by atoms with Gasteiger partial charge in [-0.15, -0.1) is 0 Å². The first-order valence-electron chi connectivity index (χ1n) is 4.01. The summed E-state index contributed by atoms with van der Waals surface area (Å²) < 4.78 is 4.40. The molecule has 0 bridgehead atoms. The van der Waals surface area contributed by atoms with Crippen LogP contribution in [-0.4, -0.2) is 18.5 Å². The Morgan fingerprint density at radius 1 is 1.53 bits per heavy atom. The van der Waals surface area contributed by atoms with E-state index in [0.717, 1.165) is 6.08 Å². The van der Waals surface area contributed by atoms with E-state index in [0.29, 0.717) is 6.61 Å². The fraction of sp³-hybridized carbons (Fsp3) is 0.300. The van der Waals surface area contributed by atoms with E-state index >= 15 is 0 Å². The lowest BCUT2D eigenvalue weighted by molar-refractivity contribution is -0.140. The minimum atomic E-state index is -0.481. The van der Waals surface area contributed by atoms with Crippen molar-refractivity contribution in [1.29, 1.82) is 5.26 Å². The van der Waals surface area contributed by atoms with Gasteiger partial charge in [0.2, 0.25) is 5.91 Å². The molecule has 0 spiro atoms.